The number of nitrogens with one attached hydrogen (secondary N) is 2. The molecule has 0 aromatic rings. The molecule has 15 heavy (non-hydrogen) atoms. The third-order valence-electron chi connectivity index (χ3n) is 3.33. The second kappa shape index (κ2) is 4.49. The van der Waals surface area contributed by atoms with Crippen LogP contribution in [-0.4, -0.2) is 36.8 Å². The Morgan fingerprint density at radius 3 is 2.67 bits per heavy atom. The first kappa shape index (κ1) is 10.9. The average Bonchev–Trinajstić information content (AvgIpc) is 3.04. The van der Waals surface area contributed by atoms with E-state index in [-0.39, 0.29) is 12.5 Å². The molecular weight excluding hydrogens is 192 g/mol. The van der Waals surface area contributed by atoms with Gasteiger partial charge in [0, 0.05) is 19.2 Å². The first-order chi connectivity index (χ1) is 7.24. The summed E-state index contributed by atoms with van der Waals surface area (Å²) in [6, 6.07) is 0.451. The molecular formula is C11H20N2O2. The molecule has 0 saturated heterocycles. The van der Waals surface area contributed by atoms with Crippen molar-refractivity contribution in [1.29, 1.82) is 0 Å². The van der Waals surface area contributed by atoms with Gasteiger partial charge in [-0.3, -0.25) is 4.79 Å². The largest absolute Gasteiger partial charge is 0.396 e. The van der Waals surface area contributed by atoms with Gasteiger partial charge >= 0.3 is 0 Å². The first-order valence-corrected chi connectivity index (χ1v) is 5.85. The highest BCUT2D eigenvalue weighted by Crippen LogP contribution is 2.47. The highest BCUT2D eigenvalue weighted by atomic mass is 16.3. The molecule has 0 spiro atoms. The van der Waals surface area contributed by atoms with Crippen molar-refractivity contribution in [2.45, 2.75) is 38.1 Å². The lowest BCUT2D eigenvalue weighted by Crippen LogP contribution is -2.37. The number of aliphatic hydroxyl groups excluding tert-OH is 1. The molecule has 1 amide bonds. The van der Waals surface area contributed by atoms with Crippen molar-refractivity contribution in [2.75, 3.05) is 19.7 Å². The van der Waals surface area contributed by atoms with Crippen LogP contribution >= 0.6 is 0 Å². The Morgan fingerprint density at radius 1 is 1.40 bits per heavy atom. The summed E-state index contributed by atoms with van der Waals surface area (Å²) >= 11 is 0. The fourth-order valence-corrected chi connectivity index (χ4v) is 1.88. The maximum absolute atomic E-state index is 11.3. The van der Waals surface area contributed by atoms with Gasteiger partial charge < -0.3 is 15.7 Å². The van der Waals surface area contributed by atoms with Gasteiger partial charge in [-0.1, -0.05) is 0 Å². The van der Waals surface area contributed by atoms with Gasteiger partial charge in [-0.05, 0) is 37.5 Å². The summed E-state index contributed by atoms with van der Waals surface area (Å²) < 4.78 is 0. The maximum atomic E-state index is 11.3. The zero-order chi connectivity index (χ0) is 10.7. The fourth-order valence-electron chi connectivity index (χ4n) is 1.88. The summed E-state index contributed by atoms with van der Waals surface area (Å²) in [5.41, 5.74) is 0.300. The van der Waals surface area contributed by atoms with Gasteiger partial charge in [0.05, 0.1) is 6.54 Å². The zero-order valence-corrected chi connectivity index (χ0v) is 9.09. The van der Waals surface area contributed by atoms with Gasteiger partial charge in [-0.2, -0.15) is 0 Å². The van der Waals surface area contributed by atoms with E-state index in [9.17, 15) is 4.79 Å². The number of aliphatic hydroxyl groups is 1. The molecule has 0 radical (unpaired) electrons. The molecule has 0 unspecified atom stereocenters. The molecule has 86 valence electrons. The second-order valence-corrected chi connectivity index (χ2v) is 4.92. The van der Waals surface area contributed by atoms with Crippen LogP contribution in [0.15, 0.2) is 0 Å². The van der Waals surface area contributed by atoms with Crippen LogP contribution in [0.4, 0.5) is 0 Å². The predicted octanol–water partition coefficient (Wildman–Crippen LogP) is 0.0172. The zero-order valence-electron chi connectivity index (χ0n) is 9.09. The Balaban J connectivity index is 1.55. The lowest BCUT2D eigenvalue weighted by atomic mass is 10.0. The minimum absolute atomic E-state index is 0.109. The van der Waals surface area contributed by atoms with Crippen LogP contribution < -0.4 is 10.6 Å². The van der Waals surface area contributed by atoms with Gasteiger partial charge in [-0.25, -0.2) is 0 Å². The Hall–Kier alpha value is -0.610. The third kappa shape index (κ3) is 3.47. The van der Waals surface area contributed by atoms with Crippen molar-refractivity contribution in [3.05, 3.63) is 0 Å². The van der Waals surface area contributed by atoms with Crippen molar-refractivity contribution in [3.8, 4) is 0 Å². The molecule has 2 aliphatic rings. The highest BCUT2D eigenvalue weighted by Gasteiger charge is 2.41. The Bertz CT molecular complexity index is 235. The molecule has 0 aromatic heterocycles. The summed E-state index contributed by atoms with van der Waals surface area (Å²) in [7, 11) is 0. The van der Waals surface area contributed by atoms with E-state index in [1.807, 2.05) is 0 Å². The molecule has 0 heterocycles. The molecule has 0 aromatic carbocycles. The SMILES string of the molecule is O=C(CNCC1(CCO)CC1)NC1CC1. The lowest BCUT2D eigenvalue weighted by molar-refractivity contribution is -0.120. The summed E-state index contributed by atoms with van der Waals surface area (Å²) in [4.78, 5) is 11.3. The van der Waals surface area contributed by atoms with Gasteiger partial charge in [-0.15, -0.1) is 0 Å². The van der Waals surface area contributed by atoms with E-state index < -0.39 is 0 Å². The lowest BCUT2D eigenvalue weighted by Gasteiger charge is -2.14. The predicted molar refractivity (Wildman–Crippen MR) is 57.4 cm³/mol. The standard InChI is InChI=1S/C11H20N2O2/c14-6-5-11(3-4-11)8-12-7-10(15)13-9-1-2-9/h9,12,14H,1-8H2,(H,13,15). The van der Waals surface area contributed by atoms with Crippen LogP contribution in [-0.2, 0) is 4.79 Å². The van der Waals surface area contributed by atoms with E-state index in [0.717, 1.165) is 25.8 Å². The van der Waals surface area contributed by atoms with Gasteiger partial charge in [0.1, 0.15) is 0 Å². The number of amides is 1. The smallest absolute Gasteiger partial charge is 0.234 e. The summed E-state index contributed by atoms with van der Waals surface area (Å²) in [5, 5.41) is 15.0. The number of hydrogen-bond donors (Lipinski definition) is 3. The van der Waals surface area contributed by atoms with Crippen molar-refractivity contribution in [1.82, 2.24) is 10.6 Å². The van der Waals surface area contributed by atoms with Crippen LogP contribution in [0, 0.1) is 5.41 Å². The normalized spacial score (nSPS) is 22.5. The molecule has 4 nitrogen and oxygen atoms in total. The molecule has 0 atom stereocenters. The van der Waals surface area contributed by atoms with Crippen LogP contribution in [0.3, 0.4) is 0 Å². The number of carbonyl (C=O) groups excluding carboxylic acids is 1. The highest BCUT2D eigenvalue weighted by molar-refractivity contribution is 5.78. The number of hydrogen-bond acceptors (Lipinski definition) is 3. The molecule has 0 bridgehead atoms. The molecule has 2 rings (SSSR count). The molecule has 3 N–H and O–H groups in total. The second-order valence-electron chi connectivity index (χ2n) is 4.92. The Kier molecular flexibility index (Phi) is 3.26. The van der Waals surface area contributed by atoms with Crippen molar-refractivity contribution < 1.29 is 9.90 Å². The maximum Gasteiger partial charge on any atom is 0.234 e. The molecule has 2 saturated carbocycles. The van der Waals surface area contributed by atoms with E-state index in [1.54, 1.807) is 0 Å². The first-order valence-electron chi connectivity index (χ1n) is 5.85. The van der Waals surface area contributed by atoms with E-state index in [1.165, 1.54) is 12.8 Å². The fraction of sp³-hybridized carbons (Fsp3) is 0.909. The van der Waals surface area contributed by atoms with Crippen molar-refractivity contribution in [2.24, 2.45) is 5.41 Å². The number of rotatable bonds is 7. The molecule has 4 heteroatoms. The average molecular weight is 212 g/mol. The Morgan fingerprint density at radius 2 is 2.13 bits per heavy atom. The third-order valence-corrected chi connectivity index (χ3v) is 3.33. The van der Waals surface area contributed by atoms with Crippen LogP contribution in [0.1, 0.15) is 32.1 Å². The number of carbonyl (C=O) groups is 1. The van der Waals surface area contributed by atoms with Crippen LogP contribution in [0.5, 0.6) is 0 Å². The van der Waals surface area contributed by atoms with Crippen LogP contribution in [0.25, 0.3) is 0 Å². The minimum Gasteiger partial charge on any atom is -0.396 e. The van der Waals surface area contributed by atoms with Gasteiger partial charge in [0.25, 0.3) is 0 Å². The molecule has 0 aliphatic heterocycles. The monoisotopic (exact) mass is 212 g/mol. The van der Waals surface area contributed by atoms with Crippen molar-refractivity contribution in [3.63, 3.8) is 0 Å². The van der Waals surface area contributed by atoms with Gasteiger partial charge in [0.2, 0.25) is 5.91 Å². The van der Waals surface area contributed by atoms with Crippen molar-refractivity contribution >= 4 is 5.91 Å². The van der Waals surface area contributed by atoms with Gasteiger partial charge in [0.15, 0.2) is 0 Å². The van der Waals surface area contributed by atoms with E-state index in [0.29, 0.717) is 18.0 Å². The van der Waals surface area contributed by atoms with E-state index in [4.69, 9.17) is 5.11 Å². The van der Waals surface area contributed by atoms with E-state index >= 15 is 0 Å². The quantitative estimate of drug-likeness (QED) is 0.557. The minimum atomic E-state index is 0.109. The molecule has 2 fully saturated rings. The molecule has 2 aliphatic carbocycles. The topological polar surface area (TPSA) is 61.4 Å². The Labute approximate surface area is 90.4 Å². The summed E-state index contributed by atoms with van der Waals surface area (Å²) in [6.07, 6.45) is 5.51. The van der Waals surface area contributed by atoms with Crippen LogP contribution in [0.2, 0.25) is 0 Å². The summed E-state index contributed by atoms with van der Waals surface area (Å²) in [6.45, 7) is 1.55. The summed E-state index contributed by atoms with van der Waals surface area (Å²) in [5.74, 6) is 0.109. The van der Waals surface area contributed by atoms with E-state index in [2.05, 4.69) is 10.6 Å².